The van der Waals surface area contributed by atoms with Crippen LogP contribution in [-0.2, 0) is 10.0 Å². The highest BCUT2D eigenvalue weighted by atomic mass is 32.2. The zero-order valence-corrected chi connectivity index (χ0v) is 20.8. The Hall–Kier alpha value is -3.14. The van der Waals surface area contributed by atoms with Crippen LogP contribution in [0.25, 0.3) is 0 Å². The van der Waals surface area contributed by atoms with Gasteiger partial charge in [-0.05, 0) is 55.9 Å². The first kappa shape index (κ1) is 23.6. The Morgan fingerprint density at radius 1 is 1.00 bits per heavy atom. The van der Waals surface area contributed by atoms with Crippen LogP contribution in [0.1, 0.15) is 32.1 Å². The van der Waals surface area contributed by atoms with E-state index in [1.165, 1.54) is 26.4 Å². The Morgan fingerprint density at radius 3 is 2.54 bits per heavy atom. The van der Waals surface area contributed by atoms with Crippen molar-refractivity contribution in [3.8, 4) is 17.2 Å². The van der Waals surface area contributed by atoms with E-state index in [-0.39, 0.29) is 17.0 Å². The zero-order chi connectivity index (χ0) is 24.6. The van der Waals surface area contributed by atoms with Crippen molar-refractivity contribution in [2.45, 2.75) is 43.1 Å². The first-order valence-electron chi connectivity index (χ1n) is 12.0. The van der Waals surface area contributed by atoms with Gasteiger partial charge < -0.3 is 19.1 Å². The Bertz CT molecular complexity index is 1200. The number of hydrogen-bond acceptors (Lipinski definition) is 6. The van der Waals surface area contributed by atoms with E-state index in [0.29, 0.717) is 54.2 Å². The lowest BCUT2D eigenvalue weighted by molar-refractivity contribution is 0.112. The second-order valence-corrected chi connectivity index (χ2v) is 11.0. The molecule has 35 heavy (non-hydrogen) atoms. The fourth-order valence-electron chi connectivity index (χ4n) is 5.25. The smallest absolute Gasteiger partial charge is 0.324 e. The predicted octanol–water partition coefficient (Wildman–Crippen LogP) is 4.09. The summed E-state index contributed by atoms with van der Waals surface area (Å²) in [6.45, 7) is 1.96. The zero-order valence-electron chi connectivity index (χ0n) is 20.0. The number of sulfonamides is 1. The van der Waals surface area contributed by atoms with Crippen LogP contribution in [0.3, 0.4) is 0 Å². The van der Waals surface area contributed by atoms with Crippen LogP contribution in [0.15, 0.2) is 41.3 Å². The minimum absolute atomic E-state index is 0.0318. The number of benzene rings is 2. The molecule has 4 aliphatic rings. The molecular weight excluding hydrogens is 470 g/mol. The maximum absolute atomic E-state index is 13.1. The second-order valence-electron chi connectivity index (χ2n) is 9.29. The fourth-order valence-corrected chi connectivity index (χ4v) is 6.29. The van der Waals surface area contributed by atoms with Crippen LogP contribution in [0.4, 0.5) is 16.2 Å². The molecule has 2 amide bonds. The predicted molar refractivity (Wildman–Crippen MR) is 132 cm³/mol. The number of carbonyl (C=O) groups is 1. The third kappa shape index (κ3) is 4.71. The molecule has 0 spiro atoms. The number of rotatable bonds is 2. The van der Waals surface area contributed by atoms with Crippen LogP contribution >= 0.6 is 0 Å². The van der Waals surface area contributed by atoms with Crippen molar-refractivity contribution < 1.29 is 27.4 Å². The minimum Gasteiger partial charge on any atom is -0.493 e. The Labute approximate surface area is 206 Å². The average Bonchev–Trinajstić information content (AvgIpc) is 3.22. The molecule has 2 fully saturated rings. The molecule has 0 aromatic heterocycles. The van der Waals surface area contributed by atoms with Gasteiger partial charge in [0.1, 0.15) is 0 Å². The van der Waals surface area contributed by atoms with E-state index in [9.17, 15) is 13.2 Å². The van der Waals surface area contributed by atoms with Gasteiger partial charge in [-0.3, -0.25) is 9.62 Å². The highest BCUT2D eigenvalue weighted by Crippen LogP contribution is 2.43. The number of methoxy groups -OCH3 is 2. The van der Waals surface area contributed by atoms with E-state index in [2.05, 4.69) is 4.72 Å². The standard InChI is InChI=1S/C25H31N3O6S/c1-32-22-15-18-16-23(24(22)33-2)34-20-5-3-4-17(14-20)10-11-27-12-13-28(25(27)29)19-6-8-21(9-7-19)35(30,31)26-18/h6-9,15-17,20,26H,3-5,10-14H2,1-2H3. The molecule has 1 aliphatic carbocycles. The van der Waals surface area contributed by atoms with Crippen molar-refractivity contribution in [3.63, 3.8) is 0 Å². The number of fused-ring (bicyclic) bond motifs is 4. The summed E-state index contributed by atoms with van der Waals surface area (Å²) in [5.41, 5.74) is 1.01. The number of nitrogens with zero attached hydrogens (tertiary/aromatic N) is 2. The fraction of sp³-hybridized carbons (Fsp3) is 0.480. The van der Waals surface area contributed by atoms with Crippen LogP contribution < -0.4 is 23.8 Å². The summed E-state index contributed by atoms with van der Waals surface area (Å²) in [5, 5.41) is 0. The number of urea groups is 1. The number of hydrogen-bond donors (Lipinski definition) is 1. The van der Waals surface area contributed by atoms with E-state index < -0.39 is 10.0 Å². The molecule has 3 aliphatic heterocycles. The van der Waals surface area contributed by atoms with E-state index in [4.69, 9.17) is 14.2 Å². The molecule has 0 radical (unpaired) electrons. The molecule has 2 atom stereocenters. The van der Waals surface area contributed by atoms with Crippen molar-refractivity contribution in [1.29, 1.82) is 0 Å². The molecule has 188 valence electrons. The van der Waals surface area contributed by atoms with Gasteiger partial charge in [0.25, 0.3) is 10.0 Å². The van der Waals surface area contributed by atoms with E-state index in [1.54, 1.807) is 29.2 Å². The molecule has 8 bridgehead atoms. The highest BCUT2D eigenvalue weighted by Gasteiger charge is 2.32. The van der Waals surface area contributed by atoms with Crippen LogP contribution in [0.2, 0.25) is 0 Å². The number of nitrogens with one attached hydrogen (secondary N) is 1. The average molecular weight is 502 g/mol. The number of carbonyl (C=O) groups excluding carboxylic acids is 1. The Morgan fingerprint density at radius 2 is 1.80 bits per heavy atom. The van der Waals surface area contributed by atoms with Gasteiger partial charge in [0, 0.05) is 37.5 Å². The molecule has 2 aromatic carbocycles. The number of ether oxygens (including phenoxy) is 3. The van der Waals surface area contributed by atoms with E-state index >= 15 is 0 Å². The number of amides is 2. The van der Waals surface area contributed by atoms with Crippen molar-refractivity contribution in [2.75, 3.05) is 43.5 Å². The molecule has 2 unspecified atom stereocenters. The summed E-state index contributed by atoms with van der Waals surface area (Å²) in [6.07, 6.45) is 4.81. The van der Waals surface area contributed by atoms with Gasteiger partial charge in [0.05, 0.1) is 30.9 Å². The lowest BCUT2D eigenvalue weighted by Gasteiger charge is -2.31. The van der Waals surface area contributed by atoms with Crippen LogP contribution in [-0.4, -0.2) is 59.3 Å². The summed E-state index contributed by atoms with van der Waals surface area (Å²) < 4.78 is 46.3. The second kappa shape index (κ2) is 9.49. The molecule has 1 saturated carbocycles. The van der Waals surface area contributed by atoms with Crippen molar-refractivity contribution in [3.05, 3.63) is 36.4 Å². The Balaban J connectivity index is 1.55. The summed E-state index contributed by atoms with van der Waals surface area (Å²) in [5.74, 6) is 1.70. The van der Waals surface area contributed by atoms with E-state index in [1.807, 2.05) is 4.90 Å². The normalized spacial score (nSPS) is 23.7. The lowest BCUT2D eigenvalue weighted by atomic mass is 9.85. The monoisotopic (exact) mass is 501 g/mol. The van der Waals surface area contributed by atoms with Gasteiger partial charge in [-0.25, -0.2) is 13.2 Å². The first-order valence-corrected chi connectivity index (χ1v) is 13.5. The Kier molecular flexibility index (Phi) is 6.39. The van der Waals surface area contributed by atoms with Gasteiger partial charge in [-0.15, -0.1) is 0 Å². The molecule has 1 saturated heterocycles. The lowest BCUT2D eigenvalue weighted by Crippen LogP contribution is -2.34. The molecule has 2 aromatic rings. The molecule has 1 N–H and O–H groups in total. The molecule has 9 nitrogen and oxygen atoms in total. The maximum Gasteiger partial charge on any atom is 0.324 e. The SMILES string of the molecule is COc1cc2cc(c1OC)OC1CCCC(CCN3CCN(C3=O)c3ccc(cc3)S(=O)(=O)N2)C1. The van der Waals surface area contributed by atoms with Gasteiger partial charge in [-0.1, -0.05) is 6.42 Å². The summed E-state index contributed by atoms with van der Waals surface area (Å²) >= 11 is 0. The van der Waals surface area contributed by atoms with Crippen molar-refractivity contribution in [2.24, 2.45) is 5.92 Å². The van der Waals surface area contributed by atoms with Crippen LogP contribution in [0.5, 0.6) is 17.2 Å². The van der Waals surface area contributed by atoms with Crippen molar-refractivity contribution >= 4 is 27.4 Å². The molecular formula is C25H31N3O6S. The number of anilines is 2. The van der Waals surface area contributed by atoms with E-state index in [0.717, 1.165) is 32.1 Å². The summed E-state index contributed by atoms with van der Waals surface area (Å²) in [6, 6.07) is 9.57. The highest BCUT2D eigenvalue weighted by molar-refractivity contribution is 7.92. The van der Waals surface area contributed by atoms with Gasteiger partial charge in [0.15, 0.2) is 11.5 Å². The van der Waals surface area contributed by atoms with Gasteiger partial charge >= 0.3 is 6.03 Å². The topological polar surface area (TPSA) is 97.4 Å². The first-order chi connectivity index (χ1) is 16.9. The molecule has 6 rings (SSSR count). The van der Waals surface area contributed by atoms with Crippen molar-refractivity contribution in [1.82, 2.24) is 4.90 Å². The summed E-state index contributed by atoms with van der Waals surface area (Å²) in [7, 11) is -0.841. The molecule has 10 heteroatoms. The largest absolute Gasteiger partial charge is 0.493 e. The molecule has 3 heterocycles. The third-order valence-electron chi connectivity index (χ3n) is 7.09. The minimum atomic E-state index is -3.89. The van der Waals surface area contributed by atoms with Crippen LogP contribution in [0, 0.1) is 5.92 Å². The third-order valence-corrected chi connectivity index (χ3v) is 8.48. The summed E-state index contributed by atoms with van der Waals surface area (Å²) in [4.78, 5) is 16.7. The quantitative estimate of drug-likeness (QED) is 0.666. The van der Waals surface area contributed by atoms with Gasteiger partial charge in [-0.2, -0.15) is 0 Å². The maximum atomic E-state index is 13.1. The van der Waals surface area contributed by atoms with Gasteiger partial charge in [0.2, 0.25) is 5.75 Å².